The molecule has 9 heteroatoms. The predicted octanol–water partition coefficient (Wildman–Crippen LogP) is -0.423. The second-order valence-electron chi connectivity index (χ2n) is 3.21. The van der Waals surface area contributed by atoms with Gasteiger partial charge in [-0.15, -0.1) is 0 Å². The maximum Gasteiger partial charge on any atom is 0.296 e. The van der Waals surface area contributed by atoms with E-state index in [9.17, 15) is 16.8 Å². The molecule has 1 aromatic carbocycles. The van der Waals surface area contributed by atoms with Gasteiger partial charge < -0.3 is 0 Å². The fraction of sp³-hybridized carbons (Fsp3) is 0.125. The molecule has 1 aromatic rings. The van der Waals surface area contributed by atoms with Crippen LogP contribution in [0.4, 0.5) is 5.69 Å². The molecule has 0 fully saturated rings. The molecule has 0 bridgehead atoms. The summed E-state index contributed by atoms with van der Waals surface area (Å²) in [6.45, 7) is 0. The SMILES string of the molecule is CS(=O)(=O)c1cccc(NS(N)(=O)=O)c1C#N. The average molecular weight is 275 g/mol. The monoisotopic (exact) mass is 275 g/mol. The Kier molecular flexibility index (Phi) is 3.42. The number of nitrogens with one attached hydrogen (secondary N) is 1. The van der Waals surface area contributed by atoms with Crippen LogP contribution in [0.25, 0.3) is 0 Å². The molecule has 0 saturated carbocycles. The van der Waals surface area contributed by atoms with E-state index in [1.807, 2.05) is 4.72 Å². The van der Waals surface area contributed by atoms with Crippen molar-refractivity contribution in [2.75, 3.05) is 11.0 Å². The molecule has 0 aliphatic carbocycles. The molecular weight excluding hydrogens is 266 g/mol. The van der Waals surface area contributed by atoms with E-state index in [4.69, 9.17) is 10.4 Å². The van der Waals surface area contributed by atoms with Gasteiger partial charge in [0.25, 0.3) is 10.2 Å². The highest BCUT2D eigenvalue weighted by Crippen LogP contribution is 2.23. The van der Waals surface area contributed by atoms with Gasteiger partial charge in [0.05, 0.1) is 16.1 Å². The number of hydrogen-bond acceptors (Lipinski definition) is 5. The molecule has 0 saturated heterocycles. The normalized spacial score (nSPS) is 11.8. The second-order valence-corrected chi connectivity index (χ2v) is 6.49. The number of sulfone groups is 1. The van der Waals surface area contributed by atoms with Crippen LogP contribution < -0.4 is 9.86 Å². The minimum atomic E-state index is -4.07. The molecule has 17 heavy (non-hydrogen) atoms. The van der Waals surface area contributed by atoms with E-state index < -0.39 is 20.0 Å². The number of nitrogens with zero attached hydrogens (tertiary/aromatic N) is 1. The van der Waals surface area contributed by atoms with Crippen molar-refractivity contribution in [3.63, 3.8) is 0 Å². The first-order chi connectivity index (χ1) is 7.65. The van der Waals surface area contributed by atoms with E-state index in [2.05, 4.69) is 0 Å². The zero-order chi connectivity index (χ0) is 13.3. The fourth-order valence-electron chi connectivity index (χ4n) is 1.19. The fourth-order valence-corrected chi connectivity index (χ4v) is 2.52. The van der Waals surface area contributed by atoms with Gasteiger partial charge in [-0.05, 0) is 12.1 Å². The summed E-state index contributed by atoms with van der Waals surface area (Å²) in [5.74, 6) is 0. The molecule has 0 radical (unpaired) electrons. The lowest BCUT2D eigenvalue weighted by Gasteiger charge is -2.08. The lowest BCUT2D eigenvalue weighted by Crippen LogP contribution is -2.22. The Morgan fingerprint density at radius 3 is 2.29 bits per heavy atom. The van der Waals surface area contributed by atoms with Gasteiger partial charge in [-0.1, -0.05) is 6.07 Å². The Balaban J connectivity index is 3.52. The summed E-state index contributed by atoms with van der Waals surface area (Å²) in [4.78, 5) is -0.256. The summed E-state index contributed by atoms with van der Waals surface area (Å²) in [6, 6.07) is 5.40. The summed E-state index contributed by atoms with van der Waals surface area (Å²) in [6.07, 6.45) is 0.921. The molecule has 0 spiro atoms. The molecule has 0 amide bonds. The van der Waals surface area contributed by atoms with Crippen molar-refractivity contribution in [1.29, 1.82) is 5.26 Å². The summed E-state index contributed by atoms with van der Waals surface area (Å²) in [5.41, 5.74) is -0.457. The highest BCUT2D eigenvalue weighted by Gasteiger charge is 2.17. The van der Waals surface area contributed by atoms with Crippen molar-refractivity contribution < 1.29 is 16.8 Å². The first-order valence-corrected chi connectivity index (χ1v) is 7.62. The Morgan fingerprint density at radius 2 is 1.88 bits per heavy atom. The van der Waals surface area contributed by atoms with Crippen LogP contribution in [0, 0.1) is 11.3 Å². The van der Waals surface area contributed by atoms with Gasteiger partial charge in [0, 0.05) is 6.26 Å². The highest BCUT2D eigenvalue weighted by molar-refractivity contribution is 7.91. The van der Waals surface area contributed by atoms with Crippen LogP contribution in [-0.2, 0) is 20.0 Å². The van der Waals surface area contributed by atoms with Crippen LogP contribution in [0.15, 0.2) is 23.1 Å². The smallest absolute Gasteiger partial charge is 0.270 e. The topological polar surface area (TPSA) is 130 Å². The van der Waals surface area contributed by atoms with E-state index in [-0.39, 0.29) is 16.1 Å². The lowest BCUT2D eigenvalue weighted by molar-refractivity contribution is 0.599. The Bertz CT molecular complexity index is 686. The van der Waals surface area contributed by atoms with E-state index >= 15 is 0 Å². The van der Waals surface area contributed by atoms with Gasteiger partial charge in [0.1, 0.15) is 6.07 Å². The maximum absolute atomic E-state index is 11.4. The summed E-state index contributed by atoms with van der Waals surface area (Å²) < 4.78 is 46.3. The standard InChI is InChI=1S/C8H9N3O4S2/c1-16(12,13)8-4-2-3-7(6(8)5-9)11-17(10,14)15/h2-4,11H,1H3,(H2,10,14,15). The van der Waals surface area contributed by atoms with Crippen LogP contribution in [0.2, 0.25) is 0 Å². The van der Waals surface area contributed by atoms with Crippen LogP contribution in [0.1, 0.15) is 5.56 Å². The molecule has 0 aliphatic rings. The van der Waals surface area contributed by atoms with Crippen LogP contribution >= 0.6 is 0 Å². The number of nitriles is 1. The molecule has 3 N–H and O–H groups in total. The van der Waals surface area contributed by atoms with Gasteiger partial charge in [-0.2, -0.15) is 13.7 Å². The van der Waals surface area contributed by atoms with Gasteiger partial charge in [0.15, 0.2) is 9.84 Å². The predicted molar refractivity (Wildman–Crippen MR) is 61.0 cm³/mol. The molecule has 0 atom stereocenters. The van der Waals surface area contributed by atoms with Crippen LogP contribution in [-0.4, -0.2) is 23.1 Å². The summed E-state index contributed by atoms with van der Waals surface area (Å²) in [5, 5.41) is 13.6. The average Bonchev–Trinajstić information content (AvgIpc) is 2.13. The zero-order valence-electron chi connectivity index (χ0n) is 8.71. The quantitative estimate of drug-likeness (QED) is 0.773. The zero-order valence-corrected chi connectivity index (χ0v) is 10.3. The number of rotatable bonds is 3. The Morgan fingerprint density at radius 1 is 1.29 bits per heavy atom. The third-order valence-electron chi connectivity index (χ3n) is 1.79. The Labute approximate surface area is 99.0 Å². The van der Waals surface area contributed by atoms with Crippen LogP contribution in [0.3, 0.4) is 0 Å². The van der Waals surface area contributed by atoms with E-state index in [1.54, 1.807) is 6.07 Å². The third kappa shape index (κ3) is 3.42. The van der Waals surface area contributed by atoms with Gasteiger partial charge in [0.2, 0.25) is 0 Å². The summed E-state index contributed by atoms with van der Waals surface area (Å²) >= 11 is 0. The molecule has 7 nitrogen and oxygen atoms in total. The first kappa shape index (κ1) is 13.4. The highest BCUT2D eigenvalue weighted by atomic mass is 32.2. The van der Waals surface area contributed by atoms with Crippen molar-refractivity contribution in [2.24, 2.45) is 5.14 Å². The molecule has 0 heterocycles. The largest absolute Gasteiger partial charge is 0.296 e. The molecule has 92 valence electrons. The number of hydrogen-bond donors (Lipinski definition) is 2. The van der Waals surface area contributed by atoms with E-state index in [1.165, 1.54) is 18.2 Å². The summed E-state index contributed by atoms with van der Waals surface area (Å²) in [7, 11) is -7.69. The van der Waals surface area contributed by atoms with Crippen molar-refractivity contribution in [2.45, 2.75) is 4.90 Å². The maximum atomic E-state index is 11.4. The minimum Gasteiger partial charge on any atom is -0.270 e. The lowest BCUT2D eigenvalue weighted by atomic mass is 10.2. The number of nitrogens with two attached hydrogens (primary N) is 1. The van der Waals surface area contributed by atoms with Crippen molar-refractivity contribution in [3.05, 3.63) is 23.8 Å². The van der Waals surface area contributed by atoms with Gasteiger partial charge >= 0.3 is 0 Å². The molecule has 0 aliphatic heterocycles. The van der Waals surface area contributed by atoms with Crippen molar-refractivity contribution in [1.82, 2.24) is 0 Å². The Hall–Kier alpha value is -1.63. The van der Waals surface area contributed by atoms with Crippen molar-refractivity contribution in [3.8, 4) is 6.07 Å². The number of benzene rings is 1. The van der Waals surface area contributed by atoms with Gasteiger partial charge in [-0.25, -0.2) is 13.6 Å². The van der Waals surface area contributed by atoms with Gasteiger partial charge in [-0.3, -0.25) is 4.72 Å². The third-order valence-corrected chi connectivity index (χ3v) is 3.43. The first-order valence-electron chi connectivity index (χ1n) is 4.19. The molecular formula is C8H9N3O4S2. The van der Waals surface area contributed by atoms with Crippen LogP contribution in [0.5, 0.6) is 0 Å². The number of anilines is 1. The molecule has 0 aromatic heterocycles. The van der Waals surface area contributed by atoms with E-state index in [0.29, 0.717) is 0 Å². The van der Waals surface area contributed by atoms with E-state index in [0.717, 1.165) is 6.26 Å². The molecule has 0 unspecified atom stereocenters. The minimum absolute atomic E-state index is 0.169. The van der Waals surface area contributed by atoms with Crippen molar-refractivity contribution >= 4 is 25.7 Å². The second kappa shape index (κ2) is 4.33. The molecule has 1 rings (SSSR count).